The molecule has 1 aliphatic rings. The van der Waals surface area contributed by atoms with Gasteiger partial charge >= 0.3 is 12.1 Å². The molecule has 1 aromatic carbocycles. The summed E-state index contributed by atoms with van der Waals surface area (Å²) in [5.41, 5.74) is 1.12. The fourth-order valence-electron chi connectivity index (χ4n) is 1.79. The van der Waals surface area contributed by atoms with E-state index in [1.807, 2.05) is 0 Å². The lowest BCUT2D eigenvalue weighted by atomic mass is 10.1. The Balaban J connectivity index is 1.72. The number of nitrogens with zero attached hydrogens (tertiary/aromatic N) is 1. The highest BCUT2D eigenvalue weighted by atomic mass is 19.4. The van der Waals surface area contributed by atoms with Gasteiger partial charge in [0.25, 0.3) is 5.91 Å². The van der Waals surface area contributed by atoms with Crippen molar-refractivity contribution in [2.75, 3.05) is 26.6 Å². The molecule has 1 aromatic rings. The van der Waals surface area contributed by atoms with E-state index in [-0.39, 0.29) is 6.79 Å². The standard InChI is InChI=1S/C15H15F3N2O6/c1-9(10-2-3-11-12(4-10)25-8-24-11)20-26-6-14(22)23-5-13(21)19-7-15(16,17)18/h2-4H,5-8H2,1H3,(H,19,21)/b20-9+. The second-order valence-corrected chi connectivity index (χ2v) is 5.07. The predicted molar refractivity (Wildman–Crippen MR) is 80.8 cm³/mol. The third-order valence-electron chi connectivity index (χ3n) is 3.02. The van der Waals surface area contributed by atoms with Crippen LogP contribution in [0.4, 0.5) is 13.2 Å². The van der Waals surface area contributed by atoms with E-state index in [9.17, 15) is 22.8 Å². The van der Waals surface area contributed by atoms with E-state index in [1.54, 1.807) is 30.4 Å². The van der Waals surface area contributed by atoms with Gasteiger partial charge in [-0.15, -0.1) is 0 Å². The summed E-state index contributed by atoms with van der Waals surface area (Å²) >= 11 is 0. The summed E-state index contributed by atoms with van der Waals surface area (Å²) in [5.74, 6) is -0.860. The normalized spacial score (nSPS) is 13.3. The number of benzene rings is 1. The maximum atomic E-state index is 11.9. The number of fused-ring (bicyclic) bond motifs is 1. The van der Waals surface area contributed by atoms with Gasteiger partial charge in [0.1, 0.15) is 6.54 Å². The van der Waals surface area contributed by atoms with Crippen molar-refractivity contribution < 1.29 is 41.8 Å². The van der Waals surface area contributed by atoms with Gasteiger partial charge in [0.15, 0.2) is 18.1 Å². The molecule has 2 rings (SSSR count). The maximum absolute atomic E-state index is 11.9. The molecule has 1 amide bonds. The van der Waals surface area contributed by atoms with Crippen LogP contribution in [-0.2, 0) is 19.2 Å². The van der Waals surface area contributed by atoms with Gasteiger partial charge in [0.2, 0.25) is 13.4 Å². The van der Waals surface area contributed by atoms with Gasteiger partial charge in [-0.2, -0.15) is 13.2 Å². The first kappa shape index (κ1) is 19.3. The molecule has 0 unspecified atom stereocenters. The van der Waals surface area contributed by atoms with E-state index in [0.29, 0.717) is 22.8 Å². The van der Waals surface area contributed by atoms with Gasteiger partial charge in [0.05, 0.1) is 5.71 Å². The topological polar surface area (TPSA) is 95.5 Å². The number of esters is 1. The molecular formula is C15H15F3N2O6. The van der Waals surface area contributed by atoms with Gasteiger partial charge in [0, 0.05) is 5.56 Å². The van der Waals surface area contributed by atoms with E-state index in [0.717, 1.165) is 0 Å². The van der Waals surface area contributed by atoms with Crippen LogP contribution in [0.3, 0.4) is 0 Å². The molecule has 26 heavy (non-hydrogen) atoms. The molecule has 0 aromatic heterocycles. The monoisotopic (exact) mass is 376 g/mol. The first-order valence-corrected chi connectivity index (χ1v) is 7.30. The van der Waals surface area contributed by atoms with Gasteiger partial charge < -0.3 is 24.4 Å². The number of amides is 1. The molecule has 0 saturated carbocycles. The first-order valence-electron chi connectivity index (χ1n) is 7.30. The van der Waals surface area contributed by atoms with Crippen molar-refractivity contribution in [3.8, 4) is 11.5 Å². The number of alkyl halides is 3. The second kappa shape index (κ2) is 8.41. The molecular weight excluding hydrogens is 361 g/mol. The fourth-order valence-corrected chi connectivity index (χ4v) is 1.79. The van der Waals surface area contributed by atoms with Crippen LogP contribution in [0.5, 0.6) is 11.5 Å². The molecule has 0 radical (unpaired) electrons. The highest BCUT2D eigenvalue weighted by Crippen LogP contribution is 2.32. The number of carbonyl (C=O) groups excluding carboxylic acids is 2. The molecule has 0 bridgehead atoms. The van der Waals surface area contributed by atoms with Crippen molar-refractivity contribution in [3.05, 3.63) is 23.8 Å². The molecule has 11 heteroatoms. The zero-order chi connectivity index (χ0) is 19.2. The average Bonchev–Trinajstić information content (AvgIpc) is 3.05. The Morgan fingerprint density at radius 2 is 1.96 bits per heavy atom. The van der Waals surface area contributed by atoms with Crippen LogP contribution in [0.2, 0.25) is 0 Å². The minimum atomic E-state index is -4.54. The quantitative estimate of drug-likeness (QED) is 0.439. The largest absolute Gasteiger partial charge is 0.454 e. The SMILES string of the molecule is C/C(=N\OCC(=O)OCC(=O)NCC(F)(F)F)c1ccc2c(c1)OCO2. The summed E-state index contributed by atoms with van der Waals surface area (Å²) in [6, 6.07) is 5.11. The van der Waals surface area contributed by atoms with Crippen molar-refractivity contribution in [2.24, 2.45) is 5.16 Å². The predicted octanol–water partition coefficient (Wildman–Crippen LogP) is 1.38. The Hall–Kier alpha value is -2.98. The third kappa shape index (κ3) is 6.15. The average molecular weight is 376 g/mol. The van der Waals surface area contributed by atoms with Crippen LogP contribution in [0.1, 0.15) is 12.5 Å². The molecule has 0 fully saturated rings. The molecule has 0 saturated heterocycles. The van der Waals surface area contributed by atoms with Crippen LogP contribution < -0.4 is 14.8 Å². The summed E-state index contributed by atoms with van der Waals surface area (Å²) in [7, 11) is 0. The number of halogens is 3. The fraction of sp³-hybridized carbons (Fsp3) is 0.400. The zero-order valence-electron chi connectivity index (χ0n) is 13.6. The van der Waals surface area contributed by atoms with E-state index in [2.05, 4.69) is 9.89 Å². The second-order valence-electron chi connectivity index (χ2n) is 5.07. The Bertz CT molecular complexity index is 705. The minimum Gasteiger partial charge on any atom is -0.454 e. The van der Waals surface area contributed by atoms with E-state index < -0.39 is 37.8 Å². The van der Waals surface area contributed by atoms with Gasteiger partial charge in [-0.05, 0) is 25.1 Å². The summed E-state index contributed by atoms with van der Waals surface area (Å²) in [4.78, 5) is 27.2. The van der Waals surface area contributed by atoms with Crippen molar-refractivity contribution >= 4 is 17.6 Å². The zero-order valence-corrected chi connectivity index (χ0v) is 13.6. The van der Waals surface area contributed by atoms with Crippen molar-refractivity contribution in [1.29, 1.82) is 0 Å². The van der Waals surface area contributed by atoms with Gasteiger partial charge in [-0.25, -0.2) is 4.79 Å². The Morgan fingerprint density at radius 1 is 1.23 bits per heavy atom. The van der Waals surface area contributed by atoms with Crippen molar-refractivity contribution in [3.63, 3.8) is 0 Å². The summed E-state index contributed by atoms with van der Waals surface area (Å²) < 4.78 is 50.6. The van der Waals surface area contributed by atoms with E-state index in [4.69, 9.17) is 14.3 Å². The number of hydrogen-bond donors (Lipinski definition) is 1. The van der Waals surface area contributed by atoms with Crippen LogP contribution in [0.25, 0.3) is 0 Å². The number of carbonyl (C=O) groups is 2. The molecule has 1 aliphatic heterocycles. The maximum Gasteiger partial charge on any atom is 0.405 e. The van der Waals surface area contributed by atoms with Gasteiger partial charge in [-0.3, -0.25) is 4.79 Å². The minimum absolute atomic E-state index is 0.133. The lowest BCUT2D eigenvalue weighted by molar-refractivity contribution is -0.154. The molecule has 0 atom stereocenters. The lowest BCUT2D eigenvalue weighted by Gasteiger charge is -2.08. The van der Waals surface area contributed by atoms with Gasteiger partial charge in [-0.1, -0.05) is 5.16 Å². The Kier molecular flexibility index (Phi) is 6.26. The number of nitrogens with one attached hydrogen (secondary N) is 1. The summed E-state index contributed by atoms with van der Waals surface area (Å²) in [6.45, 7) is -1.18. The Morgan fingerprint density at radius 3 is 2.69 bits per heavy atom. The number of oxime groups is 1. The molecule has 1 heterocycles. The molecule has 1 N–H and O–H groups in total. The molecule has 142 valence electrons. The lowest BCUT2D eigenvalue weighted by Crippen LogP contribution is -2.36. The van der Waals surface area contributed by atoms with Crippen LogP contribution in [0, 0.1) is 0 Å². The highest BCUT2D eigenvalue weighted by Gasteiger charge is 2.27. The van der Waals surface area contributed by atoms with Crippen molar-refractivity contribution in [1.82, 2.24) is 5.32 Å². The number of hydrogen-bond acceptors (Lipinski definition) is 7. The molecule has 0 spiro atoms. The molecule has 8 nitrogen and oxygen atoms in total. The Labute approximate surface area is 145 Å². The number of rotatable bonds is 7. The highest BCUT2D eigenvalue weighted by molar-refractivity contribution is 5.99. The smallest absolute Gasteiger partial charge is 0.405 e. The van der Waals surface area contributed by atoms with E-state index >= 15 is 0 Å². The summed E-state index contributed by atoms with van der Waals surface area (Å²) in [5, 5.41) is 5.29. The third-order valence-corrected chi connectivity index (χ3v) is 3.02. The summed E-state index contributed by atoms with van der Waals surface area (Å²) in [6.07, 6.45) is -4.54. The van der Waals surface area contributed by atoms with E-state index in [1.165, 1.54) is 0 Å². The number of ether oxygens (including phenoxy) is 3. The van der Waals surface area contributed by atoms with Crippen LogP contribution in [-0.4, -0.2) is 50.3 Å². The van der Waals surface area contributed by atoms with Crippen LogP contribution in [0.15, 0.2) is 23.4 Å². The van der Waals surface area contributed by atoms with Crippen LogP contribution >= 0.6 is 0 Å². The first-order chi connectivity index (χ1) is 12.2. The van der Waals surface area contributed by atoms with Crippen molar-refractivity contribution in [2.45, 2.75) is 13.1 Å². The molecule has 0 aliphatic carbocycles.